The highest BCUT2D eigenvalue weighted by atomic mass is 16.5. The molecule has 1 rings (SSSR count). The molecule has 0 radical (unpaired) electrons. The molecule has 0 aliphatic carbocycles. The summed E-state index contributed by atoms with van der Waals surface area (Å²) in [4.78, 5) is 0. The molecule has 18 heavy (non-hydrogen) atoms. The molecule has 1 atom stereocenters. The summed E-state index contributed by atoms with van der Waals surface area (Å²) < 4.78 is 10.4. The van der Waals surface area contributed by atoms with E-state index in [1.807, 2.05) is 24.3 Å². The second-order valence-corrected chi connectivity index (χ2v) is 3.73. The van der Waals surface area contributed by atoms with Crippen LogP contribution in [0.4, 0.5) is 0 Å². The Morgan fingerprint density at radius 3 is 2.56 bits per heavy atom. The first-order valence-electron chi connectivity index (χ1n) is 5.71. The summed E-state index contributed by atoms with van der Waals surface area (Å²) in [7, 11) is 1.63. The molecule has 0 aliphatic rings. The van der Waals surface area contributed by atoms with Crippen molar-refractivity contribution in [2.45, 2.75) is 19.1 Å². The largest absolute Gasteiger partial charge is 0.497 e. The smallest absolute Gasteiger partial charge is 0.118 e. The number of hydrogen-bond donors (Lipinski definition) is 2. The molecule has 0 amide bonds. The van der Waals surface area contributed by atoms with E-state index in [1.165, 1.54) is 0 Å². The standard InChI is InChI=1S/C14H18O4/c1-17-14-7-5-12(6-8-14)11-18-9-3-2-4-13(16)10-15/h5-8,13,15-16H,4,9-11H2,1H3/t13-/m1/s1. The van der Waals surface area contributed by atoms with E-state index in [2.05, 4.69) is 11.8 Å². The molecular formula is C14H18O4. The average molecular weight is 250 g/mol. The van der Waals surface area contributed by atoms with Crippen LogP contribution in [0.25, 0.3) is 0 Å². The van der Waals surface area contributed by atoms with Gasteiger partial charge in [0.25, 0.3) is 0 Å². The Kier molecular flexibility index (Phi) is 6.89. The van der Waals surface area contributed by atoms with Crippen LogP contribution in [0.15, 0.2) is 24.3 Å². The Morgan fingerprint density at radius 1 is 1.22 bits per heavy atom. The number of hydrogen-bond acceptors (Lipinski definition) is 4. The molecule has 0 aliphatic heterocycles. The van der Waals surface area contributed by atoms with Gasteiger partial charge < -0.3 is 19.7 Å². The molecule has 0 bridgehead atoms. The van der Waals surface area contributed by atoms with Crippen molar-refractivity contribution in [1.29, 1.82) is 0 Å². The van der Waals surface area contributed by atoms with Gasteiger partial charge in [-0.3, -0.25) is 0 Å². The van der Waals surface area contributed by atoms with Crippen molar-refractivity contribution in [3.63, 3.8) is 0 Å². The second kappa shape index (κ2) is 8.54. The zero-order chi connectivity index (χ0) is 13.2. The maximum atomic E-state index is 9.04. The Hall–Kier alpha value is -1.54. The Balaban J connectivity index is 2.20. The SMILES string of the molecule is COc1ccc(COCC#CC[C@@H](O)CO)cc1. The third-order valence-corrected chi connectivity index (χ3v) is 2.28. The van der Waals surface area contributed by atoms with Gasteiger partial charge in [-0.1, -0.05) is 24.0 Å². The fourth-order valence-corrected chi connectivity index (χ4v) is 1.25. The molecule has 2 N–H and O–H groups in total. The molecule has 0 aromatic heterocycles. The van der Waals surface area contributed by atoms with Crippen LogP contribution in [0, 0.1) is 11.8 Å². The van der Waals surface area contributed by atoms with Crippen LogP contribution < -0.4 is 4.74 Å². The van der Waals surface area contributed by atoms with E-state index in [1.54, 1.807) is 7.11 Å². The van der Waals surface area contributed by atoms with Gasteiger partial charge >= 0.3 is 0 Å². The number of rotatable bonds is 6. The van der Waals surface area contributed by atoms with Crippen molar-refractivity contribution < 1.29 is 19.7 Å². The molecule has 0 unspecified atom stereocenters. The molecular weight excluding hydrogens is 232 g/mol. The van der Waals surface area contributed by atoms with Gasteiger partial charge in [-0.2, -0.15) is 0 Å². The molecule has 1 aromatic rings. The first-order chi connectivity index (χ1) is 8.76. The zero-order valence-electron chi connectivity index (χ0n) is 10.4. The molecule has 0 saturated heterocycles. The quantitative estimate of drug-likeness (QED) is 0.583. The number of aliphatic hydroxyl groups is 2. The van der Waals surface area contributed by atoms with Gasteiger partial charge in [-0.25, -0.2) is 0 Å². The summed E-state index contributed by atoms with van der Waals surface area (Å²) in [6.07, 6.45) is -0.498. The minimum atomic E-state index is -0.765. The molecule has 0 saturated carbocycles. The number of methoxy groups -OCH3 is 1. The lowest BCUT2D eigenvalue weighted by Crippen LogP contribution is -2.10. The van der Waals surface area contributed by atoms with Crippen LogP contribution in [0.5, 0.6) is 5.75 Å². The molecule has 0 heterocycles. The van der Waals surface area contributed by atoms with Gasteiger partial charge in [0.2, 0.25) is 0 Å². The lowest BCUT2D eigenvalue weighted by molar-refractivity contribution is 0.0991. The lowest BCUT2D eigenvalue weighted by Gasteiger charge is -2.03. The summed E-state index contributed by atoms with van der Waals surface area (Å²) >= 11 is 0. The average Bonchev–Trinajstić information content (AvgIpc) is 2.43. The van der Waals surface area contributed by atoms with Crippen molar-refractivity contribution in [1.82, 2.24) is 0 Å². The van der Waals surface area contributed by atoms with Gasteiger partial charge in [0.05, 0.1) is 26.4 Å². The summed E-state index contributed by atoms with van der Waals surface area (Å²) in [6.45, 7) is 0.535. The summed E-state index contributed by atoms with van der Waals surface area (Å²) in [5.41, 5.74) is 1.05. The van der Waals surface area contributed by atoms with Crippen LogP contribution in [0.3, 0.4) is 0 Å². The number of ether oxygens (including phenoxy) is 2. The monoisotopic (exact) mass is 250 g/mol. The Morgan fingerprint density at radius 2 is 1.94 bits per heavy atom. The second-order valence-electron chi connectivity index (χ2n) is 3.73. The van der Waals surface area contributed by atoms with Crippen LogP contribution >= 0.6 is 0 Å². The van der Waals surface area contributed by atoms with Crippen LogP contribution in [0.2, 0.25) is 0 Å². The van der Waals surface area contributed by atoms with Gasteiger partial charge in [-0.15, -0.1) is 0 Å². The first-order valence-corrected chi connectivity index (χ1v) is 5.71. The highest BCUT2D eigenvalue weighted by Gasteiger charge is 1.96. The highest BCUT2D eigenvalue weighted by molar-refractivity contribution is 5.26. The van der Waals surface area contributed by atoms with Crippen molar-refractivity contribution >= 4 is 0 Å². The predicted molar refractivity (Wildman–Crippen MR) is 68.1 cm³/mol. The topological polar surface area (TPSA) is 58.9 Å². The molecule has 4 nitrogen and oxygen atoms in total. The fourth-order valence-electron chi connectivity index (χ4n) is 1.25. The van der Waals surface area contributed by atoms with Crippen molar-refractivity contribution in [3.8, 4) is 17.6 Å². The third kappa shape index (κ3) is 5.69. The van der Waals surface area contributed by atoms with E-state index in [0.717, 1.165) is 11.3 Å². The van der Waals surface area contributed by atoms with E-state index in [9.17, 15) is 0 Å². The van der Waals surface area contributed by atoms with Gasteiger partial charge in [-0.05, 0) is 17.7 Å². The minimum Gasteiger partial charge on any atom is -0.497 e. The summed E-state index contributed by atoms with van der Waals surface area (Å²) in [5.74, 6) is 6.33. The summed E-state index contributed by atoms with van der Waals surface area (Å²) in [6, 6.07) is 7.62. The van der Waals surface area contributed by atoms with Crippen molar-refractivity contribution in [3.05, 3.63) is 29.8 Å². The minimum absolute atomic E-state index is 0.263. The van der Waals surface area contributed by atoms with Crippen molar-refractivity contribution in [2.24, 2.45) is 0 Å². The van der Waals surface area contributed by atoms with E-state index in [4.69, 9.17) is 19.7 Å². The zero-order valence-corrected chi connectivity index (χ0v) is 10.4. The molecule has 0 spiro atoms. The van der Waals surface area contributed by atoms with E-state index < -0.39 is 6.10 Å². The predicted octanol–water partition coefficient (Wildman–Crippen LogP) is 0.958. The maximum absolute atomic E-state index is 9.04. The fraction of sp³-hybridized carbons (Fsp3) is 0.429. The lowest BCUT2D eigenvalue weighted by atomic mass is 10.2. The van der Waals surface area contributed by atoms with Gasteiger partial charge in [0, 0.05) is 6.42 Å². The van der Waals surface area contributed by atoms with E-state index in [0.29, 0.717) is 13.2 Å². The van der Waals surface area contributed by atoms with Crippen LogP contribution in [0.1, 0.15) is 12.0 Å². The van der Waals surface area contributed by atoms with Crippen LogP contribution in [-0.4, -0.2) is 36.6 Å². The maximum Gasteiger partial charge on any atom is 0.118 e. The molecule has 98 valence electrons. The molecule has 4 heteroatoms. The first kappa shape index (κ1) is 14.5. The number of aliphatic hydroxyl groups excluding tert-OH is 2. The van der Waals surface area contributed by atoms with Gasteiger partial charge in [0.1, 0.15) is 12.4 Å². The van der Waals surface area contributed by atoms with Crippen molar-refractivity contribution in [2.75, 3.05) is 20.3 Å². The molecule has 1 aromatic carbocycles. The third-order valence-electron chi connectivity index (χ3n) is 2.28. The van der Waals surface area contributed by atoms with E-state index in [-0.39, 0.29) is 13.0 Å². The summed E-state index contributed by atoms with van der Waals surface area (Å²) in [5, 5.41) is 17.6. The van der Waals surface area contributed by atoms with E-state index >= 15 is 0 Å². The highest BCUT2D eigenvalue weighted by Crippen LogP contribution is 2.11. The number of benzene rings is 1. The Bertz CT molecular complexity index is 388. The van der Waals surface area contributed by atoms with Gasteiger partial charge in [0.15, 0.2) is 0 Å². The van der Waals surface area contributed by atoms with Crippen LogP contribution in [-0.2, 0) is 11.3 Å². The molecule has 0 fully saturated rings. The normalized spacial score (nSPS) is 11.5. The Labute approximate surface area is 107 Å².